The van der Waals surface area contributed by atoms with Crippen LogP contribution in [0.1, 0.15) is 26.3 Å². The van der Waals surface area contributed by atoms with Gasteiger partial charge in [-0.3, -0.25) is 4.79 Å². The number of nitrogens with one attached hydrogen (secondary N) is 2. The largest absolute Gasteiger partial charge is 0.361 e. The summed E-state index contributed by atoms with van der Waals surface area (Å²) in [6, 6.07) is 7.76. The molecule has 120 valence electrons. The summed E-state index contributed by atoms with van der Waals surface area (Å²) in [6.07, 6.45) is 2.05. The third-order valence-electron chi connectivity index (χ3n) is 3.65. The molecular formula is C16H22N2O3S. The highest BCUT2D eigenvalue weighted by molar-refractivity contribution is 7.92. The quantitative estimate of drug-likeness (QED) is 0.884. The summed E-state index contributed by atoms with van der Waals surface area (Å²) in [5, 5.41) is 3.70. The highest BCUT2D eigenvalue weighted by atomic mass is 32.2. The van der Waals surface area contributed by atoms with Gasteiger partial charge in [0, 0.05) is 23.6 Å². The Kier molecular flexibility index (Phi) is 4.60. The van der Waals surface area contributed by atoms with Crippen LogP contribution >= 0.6 is 0 Å². The van der Waals surface area contributed by atoms with Crippen molar-refractivity contribution in [1.82, 2.24) is 10.3 Å². The van der Waals surface area contributed by atoms with E-state index in [-0.39, 0.29) is 24.6 Å². The fraction of sp³-hybridized carbons (Fsp3) is 0.438. The van der Waals surface area contributed by atoms with Crippen molar-refractivity contribution in [2.45, 2.75) is 31.9 Å². The summed E-state index contributed by atoms with van der Waals surface area (Å²) in [7, 11) is -3.21. The molecule has 0 radical (unpaired) electrons. The Hall–Kier alpha value is -1.82. The summed E-state index contributed by atoms with van der Waals surface area (Å²) in [5.41, 5.74) is 1.90. The number of rotatable bonds is 5. The molecule has 0 saturated heterocycles. The Morgan fingerprint density at radius 1 is 1.23 bits per heavy atom. The van der Waals surface area contributed by atoms with Gasteiger partial charge >= 0.3 is 0 Å². The SMILES string of the molecule is CC(C)(C)S(=O)(=O)CCNC(=O)Cc1c[nH]c2ccccc12. The number of aromatic nitrogens is 1. The van der Waals surface area contributed by atoms with Crippen molar-refractivity contribution in [1.29, 1.82) is 0 Å². The topological polar surface area (TPSA) is 79.0 Å². The van der Waals surface area contributed by atoms with E-state index in [0.717, 1.165) is 16.5 Å². The Morgan fingerprint density at radius 3 is 2.59 bits per heavy atom. The van der Waals surface area contributed by atoms with Crippen LogP contribution in [0.3, 0.4) is 0 Å². The predicted octanol–water partition coefficient (Wildman–Crippen LogP) is 2.04. The molecular weight excluding hydrogens is 300 g/mol. The first-order valence-electron chi connectivity index (χ1n) is 7.25. The highest BCUT2D eigenvalue weighted by Crippen LogP contribution is 2.18. The minimum Gasteiger partial charge on any atom is -0.361 e. The van der Waals surface area contributed by atoms with Crippen LogP contribution in [0.4, 0.5) is 0 Å². The molecule has 2 rings (SSSR count). The van der Waals surface area contributed by atoms with Gasteiger partial charge in [0.2, 0.25) is 5.91 Å². The standard InChI is InChI=1S/C16H22N2O3S/c1-16(2,3)22(20,21)9-8-17-15(19)10-12-11-18-14-7-5-4-6-13(12)14/h4-7,11,18H,8-10H2,1-3H3,(H,17,19). The van der Waals surface area contributed by atoms with E-state index in [2.05, 4.69) is 10.3 Å². The van der Waals surface area contributed by atoms with E-state index in [1.807, 2.05) is 30.5 Å². The van der Waals surface area contributed by atoms with Crippen LogP contribution in [0, 0.1) is 0 Å². The Bertz CT molecular complexity index is 770. The second-order valence-electron chi connectivity index (χ2n) is 6.32. The van der Waals surface area contributed by atoms with Crippen molar-refractivity contribution >= 4 is 26.6 Å². The number of carbonyl (C=O) groups is 1. The monoisotopic (exact) mass is 322 g/mol. The maximum atomic E-state index is 12.0. The summed E-state index contributed by atoms with van der Waals surface area (Å²) in [4.78, 5) is 15.1. The number of carbonyl (C=O) groups excluding carboxylic acids is 1. The minimum atomic E-state index is -3.21. The molecule has 1 aromatic carbocycles. The van der Waals surface area contributed by atoms with E-state index < -0.39 is 14.6 Å². The first kappa shape index (κ1) is 16.5. The lowest BCUT2D eigenvalue weighted by Gasteiger charge is -2.19. The zero-order valence-corrected chi connectivity index (χ0v) is 14.0. The number of para-hydroxylation sites is 1. The van der Waals surface area contributed by atoms with Crippen molar-refractivity contribution in [3.05, 3.63) is 36.0 Å². The molecule has 0 fully saturated rings. The number of benzene rings is 1. The lowest BCUT2D eigenvalue weighted by molar-refractivity contribution is -0.120. The van der Waals surface area contributed by atoms with Crippen LogP contribution in [0.25, 0.3) is 10.9 Å². The lowest BCUT2D eigenvalue weighted by Crippen LogP contribution is -2.36. The van der Waals surface area contributed by atoms with Gasteiger partial charge in [0.25, 0.3) is 0 Å². The minimum absolute atomic E-state index is 0.0455. The fourth-order valence-corrected chi connectivity index (χ4v) is 3.13. The van der Waals surface area contributed by atoms with E-state index in [1.165, 1.54) is 0 Å². The molecule has 2 N–H and O–H groups in total. The Morgan fingerprint density at radius 2 is 1.91 bits per heavy atom. The molecule has 0 saturated carbocycles. The van der Waals surface area contributed by atoms with Crippen LogP contribution in [-0.4, -0.2) is 36.4 Å². The van der Waals surface area contributed by atoms with E-state index in [1.54, 1.807) is 20.8 Å². The van der Waals surface area contributed by atoms with E-state index >= 15 is 0 Å². The lowest BCUT2D eigenvalue weighted by atomic mass is 10.1. The Balaban J connectivity index is 1.92. The summed E-state index contributed by atoms with van der Waals surface area (Å²) < 4.78 is 23.1. The molecule has 0 aliphatic carbocycles. The van der Waals surface area contributed by atoms with Crippen molar-refractivity contribution < 1.29 is 13.2 Å². The molecule has 0 aliphatic rings. The third kappa shape index (κ3) is 3.68. The number of fused-ring (bicyclic) bond motifs is 1. The summed E-state index contributed by atoms with van der Waals surface area (Å²) in [5.74, 6) is -0.218. The van der Waals surface area contributed by atoms with Gasteiger partial charge in [-0.15, -0.1) is 0 Å². The van der Waals surface area contributed by atoms with Crippen molar-refractivity contribution in [3.63, 3.8) is 0 Å². The molecule has 5 nitrogen and oxygen atoms in total. The molecule has 6 heteroatoms. The molecule has 1 heterocycles. The fourth-order valence-electron chi connectivity index (χ4n) is 2.14. The van der Waals surface area contributed by atoms with Gasteiger partial charge in [0.15, 0.2) is 9.84 Å². The molecule has 2 aromatic rings. The van der Waals surface area contributed by atoms with Gasteiger partial charge in [-0.05, 0) is 32.4 Å². The number of aromatic amines is 1. The van der Waals surface area contributed by atoms with Gasteiger partial charge in [-0.2, -0.15) is 0 Å². The van der Waals surface area contributed by atoms with Gasteiger partial charge < -0.3 is 10.3 Å². The van der Waals surface area contributed by atoms with Crippen molar-refractivity contribution in [2.24, 2.45) is 0 Å². The average molecular weight is 322 g/mol. The number of amides is 1. The van der Waals surface area contributed by atoms with Crippen LogP contribution in [0.5, 0.6) is 0 Å². The van der Waals surface area contributed by atoms with Crippen molar-refractivity contribution in [2.75, 3.05) is 12.3 Å². The maximum Gasteiger partial charge on any atom is 0.224 e. The first-order chi connectivity index (χ1) is 10.2. The molecule has 0 unspecified atom stereocenters. The number of hydrogen-bond donors (Lipinski definition) is 2. The van der Waals surface area contributed by atoms with Crippen LogP contribution < -0.4 is 5.32 Å². The third-order valence-corrected chi connectivity index (χ3v) is 6.26. The van der Waals surface area contributed by atoms with Gasteiger partial charge in [-0.25, -0.2) is 8.42 Å². The molecule has 0 aliphatic heterocycles. The zero-order valence-electron chi connectivity index (χ0n) is 13.1. The van der Waals surface area contributed by atoms with Crippen LogP contribution in [-0.2, 0) is 21.1 Å². The predicted molar refractivity (Wildman–Crippen MR) is 88.6 cm³/mol. The molecule has 0 atom stereocenters. The second-order valence-corrected chi connectivity index (χ2v) is 9.18. The second kappa shape index (κ2) is 6.12. The molecule has 0 bridgehead atoms. The number of hydrogen-bond acceptors (Lipinski definition) is 3. The molecule has 1 aromatic heterocycles. The highest BCUT2D eigenvalue weighted by Gasteiger charge is 2.28. The van der Waals surface area contributed by atoms with Gasteiger partial charge in [0.1, 0.15) is 0 Å². The smallest absolute Gasteiger partial charge is 0.224 e. The van der Waals surface area contributed by atoms with E-state index in [9.17, 15) is 13.2 Å². The van der Waals surface area contributed by atoms with E-state index in [4.69, 9.17) is 0 Å². The van der Waals surface area contributed by atoms with Crippen LogP contribution in [0.15, 0.2) is 30.5 Å². The number of H-pyrrole nitrogens is 1. The Labute approximate surface area is 131 Å². The normalized spacial score (nSPS) is 12.5. The van der Waals surface area contributed by atoms with Gasteiger partial charge in [0.05, 0.1) is 16.9 Å². The van der Waals surface area contributed by atoms with Crippen molar-refractivity contribution in [3.8, 4) is 0 Å². The van der Waals surface area contributed by atoms with Crippen LogP contribution in [0.2, 0.25) is 0 Å². The summed E-state index contributed by atoms with van der Waals surface area (Å²) >= 11 is 0. The van der Waals surface area contributed by atoms with E-state index in [0.29, 0.717) is 0 Å². The average Bonchev–Trinajstić information content (AvgIpc) is 2.81. The maximum absolute atomic E-state index is 12.0. The number of sulfone groups is 1. The zero-order chi connectivity index (χ0) is 16.4. The first-order valence-corrected chi connectivity index (χ1v) is 8.90. The molecule has 1 amide bonds. The van der Waals surface area contributed by atoms with Gasteiger partial charge in [-0.1, -0.05) is 18.2 Å². The summed E-state index contributed by atoms with van der Waals surface area (Å²) in [6.45, 7) is 5.13. The molecule has 22 heavy (non-hydrogen) atoms. The molecule has 0 spiro atoms.